The summed E-state index contributed by atoms with van der Waals surface area (Å²) in [6.07, 6.45) is 0.941. The van der Waals surface area contributed by atoms with Gasteiger partial charge in [0.1, 0.15) is 11.6 Å². The average molecular weight is 464 g/mol. The highest BCUT2D eigenvalue weighted by atomic mass is 16.5. The van der Waals surface area contributed by atoms with E-state index in [-0.39, 0.29) is 11.2 Å². The Hall–Kier alpha value is -3.52. The Morgan fingerprint density at radius 2 is 1.62 bits per heavy atom. The quantitative estimate of drug-likeness (QED) is 0.518. The molecule has 2 heterocycles. The third-order valence-corrected chi connectivity index (χ3v) is 6.51. The zero-order chi connectivity index (χ0) is 24.1. The van der Waals surface area contributed by atoms with Gasteiger partial charge in [0.15, 0.2) is 0 Å². The van der Waals surface area contributed by atoms with E-state index in [0.29, 0.717) is 12.4 Å². The molecule has 34 heavy (non-hydrogen) atoms. The molecular formula is C26H33N5O3. The molecule has 0 unspecified atom stereocenters. The van der Waals surface area contributed by atoms with Crippen LogP contribution < -0.4 is 26.2 Å². The Bertz CT molecular complexity index is 1220. The van der Waals surface area contributed by atoms with Gasteiger partial charge in [-0.15, -0.1) is 0 Å². The molecule has 4 rings (SSSR count). The van der Waals surface area contributed by atoms with Gasteiger partial charge in [0.2, 0.25) is 0 Å². The molecule has 1 aromatic heterocycles. The maximum Gasteiger partial charge on any atom is 0.332 e. The van der Waals surface area contributed by atoms with Gasteiger partial charge in [-0.1, -0.05) is 30.3 Å². The molecule has 0 saturated carbocycles. The molecule has 0 bridgehead atoms. The lowest BCUT2D eigenvalue weighted by atomic mass is 10.0. The molecular weight excluding hydrogens is 430 g/mol. The predicted octanol–water partition coefficient (Wildman–Crippen LogP) is 2.38. The van der Waals surface area contributed by atoms with Gasteiger partial charge in [-0.25, -0.2) is 4.79 Å². The minimum atomic E-state index is -0.318. The van der Waals surface area contributed by atoms with Gasteiger partial charge in [-0.3, -0.25) is 18.8 Å². The van der Waals surface area contributed by atoms with E-state index in [2.05, 4.69) is 45.4 Å². The van der Waals surface area contributed by atoms with Crippen LogP contribution in [-0.2, 0) is 14.1 Å². The number of nitrogens with one attached hydrogen (secondary N) is 1. The summed E-state index contributed by atoms with van der Waals surface area (Å²) in [5.41, 5.74) is 2.89. The predicted molar refractivity (Wildman–Crippen MR) is 137 cm³/mol. The standard InChI is InChI=1S/C26H33N5O3/c1-28-24(19-25(32)29(2)26(28)33)27-13-6-14-30-15-17-31(18-16-30)21-11-9-20(10-12-21)22-7-4-5-8-23(22)34-3/h4-5,7-12,19,27H,6,13-18H2,1-3H3. The van der Waals surface area contributed by atoms with Crippen LogP contribution in [0.25, 0.3) is 11.1 Å². The van der Waals surface area contributed by atoms with Crippen molar-refractivity contribution in [2.24, 2.45) is 14.1 Å². The van der Waals surface area contributed by atoms with Crippen molar-refractivity contribution in [1.29, 1.82) is 0 Å². The van der Waals surface area contributed by atoms with Gasteiger partial charge >= 0.3 is 5.69 Å². The van der Waals surface area contributed by atoms with Gasteiger partial charge in [-0.2, -0.15) is 0 Å². The lowest BCUT2D eigenvalue weighted by Gasteiger charge is -2.36. The van der Waals surface area contributed by atoms with E-state index in [0.717, 1.165) is 60.6 Å². The zero-order valence-corrected chi connectivity index (χ0v) is 20.2. The SMILES string of the molecule is COc1ccccc1-c1ccc(N2CCN(CCCNc3cc(=O)n(C)c(=O)n3C)CC2)cc1. The van der Waals surface area contributed by atoms with Crippen LogP contribution in [0.1, 0.15) is 6.42 Å². The van der Waals surface area contributed by atoms with Crippen molar-refractivity contribution in [2.45, 2.75) is 6.42 Å². The maximum absolute atomic E-state index is 12.0. The molecule has 0 radical (unpaired) electrons. The van der Waals surface area contributed by atoms with E-state index < -0.39 is 0 Å². The molecule has 0 spiro atoms. The highest BCUT2D eigenvalue weighted by Crippen LogP contribution is 2.31. The summed E-state index contributed by atoms with van der Waals surface area (Å²) in [4.78, 5) is 28.8. The van der Waals surface area contributed by atoms with Crippen LogP contribution in [0.2, 0.25) is 0 Å². The Labute approximate surface area is 200 Å². The van der Waals surface area contributed by atoms with Gasteiger partial charge in [0, 0.05) is 64.1 Å². The van der Waals surface area contributed by atoms with Gasteiger partial charge in [-0.05, 0) is 36.7 Å². The van der Waals surface area contributed by atoms with Crippen molar-refractivity contribution in [3.63, 3.8) is 0 Å². The summed E-state index contributed by atoms with van der Waals surface area (Å²) in [5.74, 6) is 1.45. The maximum atomic E-state index is 12.0. The fraction of sp³-hybridized carbons (Fsp3) is 0.385. The van der Waals surface area contributed by atoms with E-state index in [1.807, 2.05) is 18.2 Å². The molecule has 0 aliphatic carbocycles. The number of ether oxygens (including phenoxy) is 1. The third-order valence-electron chi connectivity index (χ3n) is 6.51. The van der Waals surface area contributed by atoms with E-state index in [1.54, 1.807) is 14.2 Å². The van der Waals surface area contributed by atoms with E-state index in [1.165, 1.54) is 23.4 Å². The number of methoxy groups -OCH3 is 1. The van der Waals surface area contributed by atoms with Crippen LogP contribution in [0.5, 0.6) is 5.75 Å². The lowest BCUT2D eigenvalue weighted by Crippen LogP contribution is -2.46. The van der Waals surface area contributed by atoms with Crippen molar-refractivity contribution in [3.05, 3.63) is 75.4 Å². The molecule has 1 aliphatic heterocycles. The second-order valence-corrected chi connectivity index (χ2v) is 8.62. The van der Waals surface area contributed by atoms with Crippen molar-refractivity contribution in [2.75, 3.05) is 56.6 Å². The number of aromatic nitrogens is 2. The summed E-state index contributed by atoms with van der Waals surface area (Å²) >= 11 is 0. The van der Waals surface area contributed by atoms with Gasteiger partial charge in [0.05, 0.1) is 7.11 Å². The number of piperazine rings is 1. The Balaban J connectivity index is 1.25. The van der Waals surface area contributed by atoms with Crippen LogP contribution in [0.4, 0.5) is 11.5 Å². The Kier molecular flexibility index (Phi) is 7.37. The lowest BCUT2D eigenvalue weighted by molar-refractivity contribution is 0.257. The topological polar surface area (TPSA) is 71.7 Å². The first-order valence-corrected chi connectivity index (χ1v) is 11.7. The van der Waals surface area contributed by atoms with Crippen LogP contribution >= 0.6 is 0 Å². The first-order chi connectivity index (χ1) is 16.5. The fourth-order valence-electron chi connectivity index (χ4n) is 4.39. The summed E-state index contributed by atoms with van der Waals surface area (Å²) in [5, 5.41) is 3.23. The van der Waals surface area contributed by atoms with E-state index in [4.69, 9.17) is 4.74 Å². The molecule has 1 saturated heterocycles. The summed E-state index contributed by atoms with van der Waals surface area (Å²) in [7, 11) is 4.87. The molecule has 1 N–H and O–H groups in total. The largest absolute Gasteiger partial charge is 0.496 e. The number of nitrogens with zero attached hydrogens (tertiary/aromatic N) is 4. The number of benzene rings is 2. The molecule has 1 fully saturated rings. The fourth-order valence-corrected chi connectivity index (χ4v) is 4.39. The summed E-state index contributed by atoms with van der Waals surface area (Å²) in [6, 6.07) is 18.3. The molecule has 8 heteroatoms. The number of hydrogen-bond acceptors (Lipinski definition) is 6. The van der Waals surface area contributed by atoms with Crippen LogP contribution in [-0.4, -0.2) is 60.4 Å². The second kappa shape index (κ2) is 10.6. The van der Waals surface area contributed by atoms with Gasteiger partial charge in [0.25, 0.3) is 5.56 Å². The minimum absolute atomic E-state index is 0.294. The average Bonchev–Trinajstić information content (AvgIpc) is 2.88. The number of para-hydroxylation sites is 1. The second-order valence-electron chi connectivity index (χ2n) is 8.62. The normalized spacial score (nSPS) is 14.3. The number of hydrogen-bond donors (Lipinski definition) is 1. The van der Waals surface area contributed by atoms with Crippen LogP contribution in [0.3, 0.4) is 0 Å². The minimum Gasteiger partial charge on any atom is -0.496 e. The molecule has 8 nitrogen and oxygen atoms in total. The third kappa shape index (κ3) is 5.17. The van der Waals surface area contributed by atoms with Crippen LogP contribution in [0, 0.1) is 0 Å². The summed E-state index contributed by atoms with van der Waals surface area (Å²) in [6.45, 7) is 5.70. The zero-order valence-electron chi connectivity index (χ0n) is 20.2. The smallest absolute Gasteiger partial charge is 0.332 e. The molecule has 0 amide bonds. The number of anilines is 2. The molecule has 180 valence electrons. The molecule has 1 aliphatic rings. The Morgan fingerprint density at radius 1 is 0.912 bits per heavy atom. The number of rotatable bonds is 8. The molecule has 0 atom stereocenters. The van der Waals surface area contributed by atoms with E-state index >= 15 is 0 Å². The molecule has 3 aromatic rings. The Morgan fingerprint density at radius 3 is 2.32 bits per heavy atom. The highest BCUT2D eigenvalue weighted by molar-refractivity contribution is 5.72. The van der Waals surface area contributed by atoms with Crippen molar-refractivity contribution >= 4 is 11.5 Å². The summed E-state index contributed by atoms with van der Waals surface area (Å²) < 4.78 is 8.07. The van der Waals surface area contributed by atoms with E-state index in [9.17, 15) is 9.59 Å². The first kappa shape index (κ1) is 23.6. The van der Waals surface area contributed by atoms with Crippen molar-refractivity contribution < 1.29 is 4.74 Å². The van der Waals surface area contributed by atoms with Gasteiger partial charge < -0.3 is 15.0 Å². The first-order valence-electron chi connectivity index (χ1n) is 11.7. The molecule has 2 aromatic carbocycles. The van der Waals surface area contributed by atoms with Crippen molar-refractivity contribution in [1.82, 2.24) is 14.0 Å². The van der Waals surface area contributed by atoms with Crippen molar-refractivity contribution in [3.8, 4) is 16.9 Å². The monoisotopic (exact) mass is 463 g/mol. The highest BCUT2D eigenvalue weighted by Gasteiger charge is 2.17. The van der Waals surface area contributed by atoms with Crippen LogP contribution in [0.15, 0.2) is 64.2 Å².